The highest BCUT2D eigenvalue weighted by Crippen LogP contribution is 2.28. The van der Waals surface area contributed by atoms with Gasteiger partial charge in [-0.25, -0.2) is 4.98 Å². The Hall–Kier alpha value is -1.65. The second kappa shape index (κ2) is 6.00. The second-order valence-electron chi connectivity index (χ2n) is 5.25. The van der Waals surface area contributed by atoms with Crippen molar-refractivity contribution in [2.45, 2.75) is 33.2 Å². The molecule has 0 radical (unpaired) electrons. The van der Waals surface area contributed by atoms with Crippen LogP contribution >= 0.6 is 11.3 Å². The van der Waals surface area contributed by atoms with Crippen molar-refractivity contribution in [2.75, 3.05) is 6.54 Å². The highest BCUT2D eigenvalue weighted by Gasteiger charge is 2.18. The molecule has 1 N–H and O–H groups in total. The van der Waals surface area contributed by atoms with E-state index in [1.54, 1.807) is 11.3 Å². The highest BCUT2D eigenvalue weighted by molar-refractivity contribution is 7.11. The van der Waals surface area contributed by atoms with Crippen LogP contribution in [0, 0.1) is 13.8 Å². The molecule has 2 aromatic heterocycles. The maximum atomic E-state index is 6.01. The quantitative estimate of drug-likeness (QED) is 0.759. The summed E-state index contributed by atoms with van der Waals surface area (Å²) in [5.74, 6) is 0.989. The van der Waals surface area contributed by atoms with Crippen LogP contribution in [0.1, 0.15) is 34.3 Å². The van der Waals surface area contributed by atoms with Crippen molar-refractivity contribution >= 4 is 22.3 Å². The lowest BCUT2D eigenvalue weighted by Gasteiger charge is -2.13. The smallest absolute Gasteiger partial charge is 0.134 e. The van der Waals surface area contributed by atoms with E-state index in [1.165, 1.54) is 4.88 Å². The number of rotatable bonds is 5. The highest BCUT2D eigenvalue weighted by atomic mass is 32.1. The first-order chi connectivity index (χ1) is 10.2. The summed E-state index contributed by atoms with van der Waals surface area (Å²) < 4.78 is 6.01. The molecular formula is C17H20N2OS. The van der Waals surface area contributed by atoms with Crippen molar-refractivity contribution in [2.24, 2.45) is 0 Å². The molecule has 2 heterocycles. The molecule has 0 saturated carbocycles. The van der Waals surface area contributed by atoms with Gasteiger partial charge in [-0.2, -0.15) is 0 Å². The van der Waals surface area contributed by atoms with Crippen LogP contribution in [0.5, 0.6) is 0 Å². The summed E-state index contributed by atoms with van der Waals surface area (Å²) in [5.41, 5.74) is 2.08. The zero-order valence-corrected chi connectivity index (χ0v) is 13.5. The first kappa shape index (κ1) is 14.3. The van der Waals surface area contributed by atoms with Crippen LogP contribution in [0.4, 0.5) is 0 Å². The number of benzene rings is 1. The average molecular weight is 300 g/mol. The van der Waals surface area contributed by atoms with Crippen LogP contribution in [-0.2, 0) is 6.42 Å². The summed E-state index contributed by atoms with van der Waals surface area (Å²) in [4.78, 5) is 5.94. The number of thiazole rings is 1. The monoisotopic (exact) mass is 300 g/mol. The molecule has 0 aliphatic heterocycles. The molecule has 0 spiro atoms. The van der Waals surface area contributed by atoms with E-state index in [4.69, 9.17) is 4.42 Å². The second-order valence-corrected chi connectivity index (χ2v) is 6.54. The van der Waals surface area contributed by atoms with Gasteiger partial charge in [0.05, 0.1) is 16.7 Å². The number of hydrogen-bond donors (Lipinski definition) is 1. The zero-order valence-electron chi connectivity index (χ0n) is 12.6. The van der Waals surface area contributed by atoms with Crippen LogP contribution in [0.3, 0.4) is 0 Å². The lowest BCUT2D eigenvalue weighted by Crippen LogP contribution is -2.22. The van der Waals surface area contributed by atoms with Gasteiger partial charge in [-0.15, -0.1) is 11.3 Å². The Morgan fingerprint density at radius 2 is 2.10 bits per heavy atom. The Morgan fingerprint density at radius 3 is 2.76 bits per heavy atom. The first-order valence-corrected chi connectivity index (χ1v) is 8.13. The van der Waals surface area contributed by atoms with Crippen LogP contribution in [0.15, 0.2) is 34.7 Å². The number of likely N-dealkylation sites (N-methyl/N-ethyl adjacent to an activating group) is 1. The molecule has 0 amide bonds. The maximum absolute atomic E-state index is 6.01. The van der Waals surface area contributed by atoms with Crippen molar-refractivity contribution in [3.8, 4) is 0 Å². The van der Waals surface area contributed by atoms with Gasteiger partial charge in [-0.3, -0.25) is 0 Å². The minimum atomic E-state index is 0.173. The van der Waals surface area contributed by atoms with Gasteiger partial charge in [0.15, 0.2) is 0 Å². The number of para-hydroxylation sites is 1. The fraction of sp³-hybridized carbons (Fsp3) is 0.353. The van der Waals surface area contributed by atoms with E-state index in [0.717, 1.165) is 40.4 Å². The van der Waals surface area contributed by atoms with E-state index in [1.807, 2.05) is 18.2 Å². The molecule has 110 valence electrons. The molecule has 3 rings (SSSR count). The largest absolute Gasteiger partial charge is 0.459 e. The van der Waals surface area contributed by atoms with Crippen LogP contribution < -0.4 is 5.32 Å². The van der Waals surface area contributed by atoms with E-state index >= 15 is 0 Å². The maximum Gasteiger partial charge on any atom is 0.134 e. The summed E-state index contributed by atoms with van der Waals surface area (Å²) in [6.45, 7) is 7.22. The predicted octanol–water partition coefficient (Wildman–Crippen LogP) is 4.40. The van der Waals surface area contributed by atoms with E-state index in [2.05, 4.69) is 43.2 Å². The number of aryl methyl sites for hydroxylation is 2. The van der Waals surface area contributed by atoms with E-state index in [-0.39, 0.29) is 6.04 Å². The number of nitrogens with one attached hydrogen (secondary N) is 1. The topological polar surface area (TPSA) is 38.1 Å². The zero-order chi connectivity index (χ0) is 14.8. The van der Waals surface area contributed by atoms with Crippen molar-refractivity contribution in [1.29, 1.82) is 0 Å². The molecular weight excluding hydrogens is 280 g/mol. The van der Waals surface area contributed by atoms with Gasteiger partial charge in [-0.05, 0) is 32.5 Å². The lowest BCUT2D eigenvalue weighted by molar-refractivity contribution is 0.434. The Bertz CT molecular complexity index is 692. The number of fused-ring (bicyclic) bond motifs is 1. The van der Waals surface area contributed by atoms with Crippen molar-refractivity contribution in [3.63, 3.8) is 0 Å². The molecule has 0 aliphatic carbocycles. The van der Waals surface area contributed by atoms with Gasteiger partial charge >= 0.3 is 0 Å². The molecule has 0 saturated heterocycles. The molecule has 4 heteroatoms. The minimum Gasteiger partial charge on any atom is -0.459 e. The Morgan fingerprint density at radius 1 is 1.29 bits per heavy atom. The Labute approximate surface area is 129 Å². The van der Waals surface area contributed by atoms with Gasteiger partial charge in [-0.1, -0.05) is 25.1 Å². The fourth-order valence-electron chi connectivity index (χ4n) is 2.49. The normalized spacial score (nSPS) is 12.9. The third kappa shape index (κ3) is 3.01. The molecule has 3 nitrogen and oxygen atoms in total. The SMILES string of the molecule is CCNC(Cc1nc(C)c(C)s1)c1cc2ccccc2o1. The van der Waals surface area contributed by atoms with E-state index in [0.29, 0.717) is 0 Å². The molecule has 0 bridgehead atoms. The molecule has 1 atom stereocenters. The molecule has 3 aromatic rings. The fourth-order valence-corrected chi connectivity index (χ4v) is 3.47. The summed E-state index contributed by atoms with van der Waals surface area (Å²) in [7, 11) is 0. The van der Waals surface area contributed by atoms with Gasteiger partial charge in [0, 0.05) is 16.7 Å². The molecule has 1 unspecified atom stereocenters. The van der Waals surface area contributed by atoms with Crippen LogP contribution in [0.25, 0.3) is 11.0 Å². The Kier molecular flexibility index (Phi) is 4.08. The average Bonchev–Trinajstić information content (AvgIpc) is 3.02. The summed E-state index contributed by atoms with van der Waals surface area (Å²) in [5, 5.41) is 5.83. The predicted molar refractivity (Wildman–Crippen MR) is 87.9 cm³/mol. The van der Waals surface area contributed by atoms with Crippen LogP contribution in [0.2, 0.25) is 0 Å². The summed E-state index contributed by atoms with van der Waals surface area (Å²) in [6, 6.07) is 10.5. The third-order valence-corrected chi connectivity index (χ3v) is 4.79. The molecule has 0 fully saturated rings. The van der Waals surface area contributed by atoms with E-state index in [9.17, 15) is 0 Å². The number of furan rings is 1. The van der Waals surface area contributed by atoms with Gasteiger partial charge < -0.3 is 9.73 Å². The van der Waals surface area contributed by atoms with Crippen molar-refractivity contribution < 1.29 is 4.42 Å². The van der Waals surface area contributed by atoms with Gasteiger partial charge in [0.1, 0.15) is 11.3 Å². The van der Waals surface area contributed by atoms with Crippen LogP contribution in [-0.4, -0.2) is 11.5 Å². The number of aromatic nitrogens is 1. The van der Waals surface area contributed by atoms with E-state index < -0.39 is 0 Å². The summed E-state index contributed by atoms with van der Waals surface area (Å²) in [6.07, 6.45) is 0.868. The number of nitrogens with zero attached hydrogens (tertiary/aromatic N) is 1. The van der Waals surface area contributed by atoms with Gasteiger partial charge in [0.2, 0.25) is 0 Å². The molecule has 21 heavy (non-hydrogen) atoms. The Balaban J connectivity index is 1.89. The lowest BCUT2D eigenvalue weighted by atomic mass is 10.1. The molecule has 1 aromatic carbocycles. The first-order valence-electron chi connectivity index (χ1n) is 7.32. The number of hydrogen-bond acceptors (Lipinski definition) is 4. The molecule has 0 aliphatic rings. The summed E-state index contributed by atoms with van der Waals surface area (Å²) >= 11 is 1.78. The van der Waals surface area contributed by atoms with Crippen molar-refractivity contribution in [1.82, 2.24) is 10.3 Å². The van der Waals surface area contributed by atoms with Crippen molar-refractivity contribution in [3.05, 3.63) is 51.7 Å². The standard InChI is InChI=1S/C17H20N2OS/c1-4-18-14(10-17-19-11(2)12(3)21-17)16-9-13-7-5-6-8-15(13)20-16/h5-9,14,18H,4,10H2,1-3H3. The third-order valence-electron chi connectivity index (χ3n) is 3.69. The minimum absolute atomic E-state index is 0.173. The van der Waals surface area contributed by atoms with Gasteiger partial charge in [0.25, 0.3) is 0 Å².